The number of hydrogen-bond donors (Lipinski definition) is 2. The van der Waals surface area contributed by atoms with Crippen LogP contribution in [0.2, 0.25) is 0 Å². The maximum absolute atomic E-state index is 12.7. The lowest BCUT2D eigenvalue weighted by Crippen LogP contribution is -2.37. The highest BCUT2D eigenvalue weighted by atomic mass is 32.2. The highest BCUT2D eigenvalue weighted by molar-refractivity contribution is 7.99. The second-order valence-corrected chi connectivity index (χ2v) is 8.00. The second kappa shape index (κ2) is 7.81. The Morgan fingerprint density at radius 2 is 2.10 bits per heavy atom. The molecule has 4 aromatic rings. The number of thioether (sulfide) groups is 1. The number of para-hydroxylation sites is 1. The molecule has 0 unspecified atom stereocenters. The third-order valence-electron chi connectivity index (χ3n) is 4.28. The zero-order chi connectivity index (χ0) is 20.5. The van der Waals surface area contributed by atoms with Gasteiger partial charge >= 0.3 is 5.69 Å². The van der Waals surface area contributed by atoms with Gasteiger partial charge in [0.05, 0.1) is 29.1 Å². The van der Waals surface area contributed by atoms with Gasteiger partial charge in [-0.3, -0.25) is 23.5 Å². The molecule has 4 rings (SSSR count). The number of nitrogens with zero attached hydrogens (tertiary/aromatic N) is 4. The standard InChI is InChI=1S/C17H16N6O4S2/c1-27-7-6-22-13(18)12(14(25)19-15(22)26)10(24)8-28-16-20-21-17-23(16)9-4-2-3-5-11(9)29-17/h2-5H,6-8,18H2,1H3,(H,19,25,26). The Hall–Kier alpha value is -2.96. The van der Waals surface area contributed by atoms with Gasteiger partial charge < -0.3 is 10.5 Å². The molecule has 0 atom stereocenters. The molecule has 3 aromatic heterocycles. The van der Waals surface area contributed by atoms with E-state index in [-0.39, 0.29) is 30.3 Å². The zero-order valence-electron chi connectivity index (χ0n) is 15.2. The first-order chi connectivity index (χ1) is 14.0. The van der Waals surface area contributed by atoms with Gasteiger partial charge in [-0.15, -0.1) is 10.2 Å². The molecular formula is C17H16N6O4S2. The monoisotopic (exact) mass is 432 g/mol. The van der Waals surface area contributed by atoms with Gasteiger partial charge in [0.25, 0.3) is 5.56 Å². The number of methoxy groups -OCH3 is 1. The van der Waals surface area contributed by atoms with Crippen molar-refractivity contribution in [3.8, 4) is 0 Å². The number of fused-ring (bicyclic) bond motifs is 3. The number of Topliss-reactive ketones (excluding diaryl/α,β-unsaturated/α-hetero) is 1. The number of hydrogen-bond acceptors (Lipinski definition) is 9. The van der Waals surface area contributed by atoms with Crippen LogP contribution in [0.4, 0.5) is 5.82 Å². The van der Waals surface area contributed by atoms with Crippen LogP contribution in [0.3, 0.4) is 0 Å². The number of anilines is 1. The fourth-order valence-electron chi connectivity index (χ4n) is 2.91. The van der Waals surface area contributed by atoms with Gasteiger partial charge in [-0.25, -0.2) is 4.79 Å². The average Bonchev–Trinajstić information content (AvgIpc) is 3.25. The Morgan fingerprint density at radius 1 is 1.31 bits per heavy atom. The normalized spacial score (nSPS) is 11.5. The van der Waals surface area contributed by atoms with Crippen molar-refractivity contribution >= 4 is 49.9 Å². The van der Waals surface area contributed by atoms with Gasteiger partial charge in [0.15, 0.2) is 10.9 Å². The van der Waals surface area contributed by atoms with Crippen LogP contribution in [0.1, 0.15) is 10.4 Å². The van der Waals surface area contributed by atoms with E-state index in [1.165, 1.54) is 18.4 Å². The first-order valence-electron chi connectivity index (χ1n) is 8.51. The third-order valence-corrected chi connectivity index (χ3v) is 6.22. The van der Waals surface area contributed by atoms with Crippen molar-refractivity contribution in [1.29, 1.82) is 0 Å². The van der Waals surface area contributed by atoms with E-state index in [0.29, 0.717) is 10.1 Å². The molecule has 0 amide bonds. The van der Waals surface area contributed by atoms with Gasteiger partial charge in [-0.2, -0.15) is 0 Å². The lowest BCUT2D eigenvalue weighted by Gasteiger charge is -2.11. The Morgan fingerprint density at radius 3 is 2.90 bits per heavy atom. The van der Waals surface area contributed by atoms with Gasteiger partial charge in [0.2, 0.25) is 4.96 Å². The minimum absolute atomic E-state index is 0.0826. The number of thiazole rings is 1. The number of aromatic nitrogens is 5. The fraction of sp³-hybridized carbons (Fsp3) is 0.235. The van der Waals surface area contributed by atoms with Crippen LogP contribution >= 0.6 is 23.1 Å². The van der Waals surface area contributed by atoms with E-state index in [0.717, 1.165) is 26.5 Å². The molecule has 12 heteroatoms. The minimum atomic E-state index is -0.806. The van der Waals surface area contributed by atoms with Crippen molar-refractivity contribution in [3.05, 3.63) is 50.7 Å². The highest BCUT2D eigenvalue weighted by Gasteiger charge is 2.21. The summed E-state index contributed by atoms with van der Waals surface area (Å²) < 4.78 is 8.97. The average molecular weight is 432 g/mol. The second-order valence-electron chi connectivity index (χ2n) is 6.05. The third kappa shape index (κ3) is 3.45. The van der Waals surface area contributed by atoms with E-state index in [4.69, 9.17) is 10.5 Å². The van der Waals surface area contributed by atoms with E-state index >= 15 is 0 Å². The summed E-state index contributed by atoms with van der Waals surface area (Å²) in [6, 6.07) is 7.79. The summed E-state index contributed by atoms with van der Waals surface area (Å²) in [6.45, 7) is 0.332. The quantitative estimate of drug-likeness (QED) is 0.326. The fourth-order valence-corrected chi connectivity index (χ4v) is 4.75. The van der Waals surface area contributed by atoms with Crippen molar-refractivity contribution in [2.24, 2.45) is 0 Å². The van der Waals surface area contributed by atoms with Crippen molar-refractivity contribution in [3.63, 3.8) is 0 Å². The molecule has 1 aromatic carbocycles. The van der Waals surface area contributed by atoms with Crippen LogP contribution in [0.25, 0.3) is 15.2 Å². The first-order valence-corrected chi connectivity index (χ1v) is 10.3. The molecule has 29 heavy (non-hydrogen) atoms. The number of benzene rings is 1. The lowest BCUT2D eigenvalue weighted by atomic mass is 10.2. The number of carbonyl (C=O) groups is 1. The van der Waals surface area contributed by atoms with Gasteiger partial charge in [-0.05, 0) is 12.1 Å². The molecule has 0 aliphatic rings. The first kappa shape index (κ1) is 19.4. The largest absolute Gasteiger partial charge is 0.384 e. The lowest BCUT2D eigenvalue weighted by molar-refractivity contribution is 0.102. The number of nitrogens with two attached hydrogens (primary N) is 1. The van der Waals surface area contributed by atoms with Gasteiger partial charge in [-0.1, -0.05) is 35.2 Å². The number of carbonyl (C=O) groups excluding carboxylic acids is 1. The number of ether oxygens (including phenoxy) is 1. The summed E-state index contributed by atoms with van der Waals surface area (Å²) in [7, 11) is 1.48. The number of nitrogens with one attached hydrogen (secondary N) is 1. The zero-order valence-corrected chi connectivity index (χ0v) is 16.9. The number of rotatable bonds is 7. The molecule has 0 aliphatic carbocycles. The van der Waals surface area contributed by atoms with E-state index in [9.17, 15) is 14.4 Å². The van der Waals surface area contributed by atoms with Gasteiger partial charge in [0.1, 0.15) is 11.4 Å². The summed E-state index contributed by atoms with van der Waals surface area (Å²) in [5, 5.41) is 8.82. The van der Waals surface area contributed by atoms with E-state index in [1.807, 2.05) is 28.7 Å². The molecule has 0 saturated heterocycles. The minimum Gasteiger partial charge on any atom is -0.384 e. The molecule has 3 N–H and O–H groups in total. The van der Waals surface area contributed by atoms with E-state index in [1.54, 1.807) is 0 Å². The van der Waals surface area contributed by atoms with Crippen molar-refractivity contribution in [1.82, 2.24) is 24.1 Å². The molecular weight excluding hydrogens is 416 g/mol. The molecule has 150 valence electrons. The Labute approximate surface area is 171 Å². The predicted octanol–water partition coefficient (Wildman–Crippen LogP) is 0.998. The van der Waals surface area contributed by atoms with Crippen molar-refractivity contribution in [2.45, 2.75) is 11.7 Å². The SMILES string of the molecule is COCCn1c(N)c(C(=O)CSc2nnc3sc4ccccc4n23)c(=O)[nH]c1=O. The number of nitrogen functional groups attached to an aromatic ring is 1. The van der Waals surface area contributed by atoms with Crippen LogP contribution in [0.15, 0.2) is 39.0 Å². The maximum atomic E-state index is 12.7. The van der Waals surface area contributed by atoms with Crippen LogP contribution < -0.4 is 17.0 Å². The molecule has 10 nitrogen and oxygen atoms in total. The maximum Gasteiger partial charge on any atom is 0.330 e. The number of H-pyrrole nitrogens is 1. The van der Waals surface area contributed by atoms with Crippen molar-refractivity contribution < 1.29 is 9.53 Å². The number of aromatic amines is 1. The molecule has 0 fully saturated rings. The Balaban J connectivity index is 1.63. The smallest absolute Gasteiger partial charge is 0.330 e. The van der Waals surface area contributed by atoms with Crippen molar-refractivity contribution in [2.75, 3.05) is 25.2 Å². The molecule has 0 aliphatic heterocycles. The summed E-state index contributed by atoms with van der Waals surface area (Å²) >= 11 is 2.65. The molecule has 0 radical (unpaired) electrons. The number of ketones is 1. The highest BCUT2D eigenvalue weighted by Crippen LogP contribution is 2.29. The Kier molecular flexibility index (Phi) is 5.22. The van der Waals surface area contributed by atoms with Crippen LogP contribution in [-0.4, -0.2) is 49.4 Å². The summed E-state index contributed by atoms with van der Waals surface area (Å²) in [6.07, 6.45) is 0. The van der Waals surface area contributed by atoms with E-state index in [2.05, 4.69) is 15.2 Å². The van der Waals surface area contributed by atoms with E-state index < -0.39 is 17.0 Å². The summed E-state index contributed by atoms with van der Waals surface area (Å²) in [5.41, 5.74) is 5.16. The molecule has 3 heterocycles. The Bertz CT molecular complexity index is 1340. The summed E-state index contributed by atoms with van der Waals surface area (Å²) in [5.74, 6) is -0.759. The van der Waals surface area contributed by atoms with Crippen LogP contribution in [0, 0.1) is 0 Å². The van der Waals surface area contributed by atoms with Crippen LogP contribution in [-0.2, 0) is 11.3 Å². The summed E-state index contributed by atoms with van der Waals surface area (Å²) in [4.78, 5) is 39.7. The van der Waals surface area contributed by atoms with Crippen LogP contribution in [0.5, 0.6) is 0 Å². The molecule has 0 spiro atoms. The topological polar surface area (TPSA) is 137 Å². The van der Waals surface area contributed by atoms with Gasteiger partial charge in [0, 0.05) is 7.11 Å². The predicted molar refractivity (Wildman–Crippen MR) is 111 cm³/mol. The molecule has 0 saturated carbocycles. The molecule has 0 bridgehead atoms.